The molecule has 0 fully saturated rings. The van der Waals surface area contributed by atoms with Crippen molar-refractivity contribution in [3.8, 4) is 0 Å². The number of nitrogen functional groups attached to an aromatic ring is 1. The molecule has 4 N–H and O–H groups in total. The highest BCUT2D eigenvalue weighted by Gasteiger charge is 2.19. The quantitative estimate of drug-likeness (QED) is 0.628. The predicted molar refractivity (Wildman–Crippen MR) is 64.6 cm³/mol. The summed E-state index contributed by atoms with van der Waals surface area (Å²) >= 11 is 5.77. The van der Waals surface area contributed by atoms with Gasteiger partial charge in [0.1, 0.15) is 0 Å². The summed E-state index contributed by atoms with van der Waals surface area (Å²) in [6.45, 7) is 1.69. The third-order valence-corrected chi connectivity index (χ3v) is 2.50. The zero-order chi connectivity index (χ0) is 13.0. The standard InChI is InChI=1S/C11H13ClN2O3/c1-2-9(10(14)15)17-11(16)6-3-4-8(13)7(12)5-6/h3-5,9H,2,13H2,1H3,(H2,14,15). The summed E-state index contributed by atoms with van der Waals surface area (Å²) in [5.41, 5.74) is 11.2. The number of benzene rings is 1. The van der Waals surface area contributed by atoms with E-state index in [1.54, 1.807) is 6.92 Å². The van der Waals surface area contributed by atoms with Crippen LogP contribution >= 0.6 is 11.6 Å². The molecule has 0 aromatic heterocycles. The van der Waals surface area contributed by atoms with Gasteiger partial charge in [0.05, 0.1) is 16.3 Å². The number of ether oxygens (including phenoxy) is 1. The summed E-state index contributed by atoms with van der Waals surface area (Å²) < 4.78 is 4.93. The summed E-state index contributed by atoms with van der Waals surface area (Å²) in [6, 6.07) is 4.34. The maximum Gasteiger partial charge on any atom is 0.338 e. The van der Waals surface area contributed by atoms with Crippen molar-refractivity contribution in [1.82, 2.24) is 0 Å². The number of halogens is 1. The Balaban J connectivity index is 2.82. The Hall–Kier alpha value is -1.75. The summed E-state index contributed by atoms with van der Waals surface area (Å²) in [5.74, 6) is -1.33. The van der Waals surface area contributed by atoms with E-state index in [1.165, 1.54) is 18.2 Å². The molecule has 0 radical (unpaired) electrons. The lowest BCUT2D eigenvalue weighted by Crippen LogP contribution is -2.32. The second-order valence-corrected chi connectivity index (χ2v) is 3.85. The van der Waals surface area contributed by atoms with Crippen molar-refractivity contribution in [3.63, 3.8) is 0 Å². The predicted octanol–water partition coefficient (Wildman–Crippen LogP) is 1.34. The summed E-state index contributed by atoms with van der Waals surface area (Å²) in [4.78, 5) is 22.6. The lowest BCUT2D eigenvalue weighted by molar-refractivity contribution is -0.126. The van der Waals surface area contributed by atoms with Crippen LogP contribution in [0.5, 0.6) is 0 Å². The lowest BCUT2D eigenvalue weighted by Gasteiger charge is -2.12. The number of rotatable bonds is 4. The minimum absolute atomic E-state index is 0.226. The molecule has 92 valence electrons. The van der Waals surface area contributed by atoms with Gasteiger partial charge in [-0.3, -0.25) is 4.79 Å². The molecule has 5 nitrogen and oxygen atoms in total. The van der Waals surface area contributed by atoms with Gasteiger partial charge in [-0.15, -0.1) is 0 Å². The first-order chi connectivity index (χ1) is 7.95. The number of primary amides is 1. The molecule has 0 aliphatic rings. The van der Waals surface area contributed by atoms with Gasteiger partial charge in [-0.25, -0.2) is 4.79 Å². The molecule has 0 bridgehead atoms. The Labute approximate surface area is 104 Å². The molecule has 1 aromatic rings. The van der Waals surface area contributed by atoms with E-state index in [1.807, 2.05) is 0 Å². The van der Waals surface area contributed by atoms with E-state index in [0.717, 1.165) is 0 Å². The highest BCUT2D eigenvalue weighted by atomic mass is 35.5. The van der Waals surface area contributed by atoms with Crippen LogP contribution in [0.25, 0.3) is 0 Å². The van der Waals surface area contributed by atoms with E-state index in [2.05, 4.69) is 0 Å². The molecule has 1 atom stereocenters. The Bertz CT molecular complexity index is 448. The number of anilines is 1. The number of nitrogens with two attached hydrogens (primary N) is 2. The van der Waals surface area contributed by atoms with E-state index in [0.29, 0.717) is 12.1 Å². The van der Waals surface area contributed by atoms with Gasteiger partial charge in [0.25, 0.3) is 5.91 Å². The molecular weight excluding hydrogens is 244 g/mol. The van der Waals surface area contributed by atoms with Gasteiger partial charge >= 0.3 is 5.97 Å². The second-order valence-electron chi connectivity index (χ2n) is 3.44. The molecule has 0 aliphatic heterocycles. The van der Waals surface area contributed by atoms with E-state index < -0.39 is 18.0 Å². The fourth-order valence-corrected chi connectivity index (χ4v) is 1.37. The number of carbonyl (C=O) groups excluding carboxylic acids is 2. The topological polar surface area (TPSA) is 95.4 Å². The number of hydrogen-bond acceptors (Lipinski definition) is 4. The van der Waals surface area contributed by atoms with Gasteiger partial charge in [-0.2, -0.15) is 0 Å². The van der Waals surface area contributed by atoms with Crippen LogP contribution in [-0.4, -0.2) is 18.0 Å². The maximum atomic E-state index is 11.7. The summed E-state index contributed by atoms with van der Waals surface area (Å²) in [6.07, 6.45) is -0.608. The molecule has 1 unspecified atom stereocenters. The molecular formula is C11H13ClN2O3. The van der Waals surface area contributed by atoms with Crippen molar-refractivity contribution >= 4 is 29.2 Å². The third kappa shape index (κ3) is 3.35. The van der Waals surface area contributed by atoms with E-state index in [4.69, 9.17) is 27.8 Å². The molecule has 1 aromatic carbocycles. The first-order valence-electron chi connectivity index (χ1n) is 5.01. The van der Waals surface area contributed by atoms with Crippen molar-refractivity contribution in [2.45, 2.75) is 19.4 Å². The SMILES string of the molecule is CCC(OC(=O)c1ccc(N)c(Cl)c1)C(N)=O. The van der Waals surface area contributed by atoms with Crippen LogP contribution < -0.4 is 11.5 Å². The average molecular weight is 257 g/mol. The summed E-state index contributed by atoms with van der Waals surface area (Å²) in [5, 5.41) is 0.256. The van der Waals surface area contributed by atoms with Crippen molar-refractivity contribution in [3.05, 3.63) is 28.8 Å². The molecule has 0 saturated heterocycles. The monoisotopic (exact) mass is 256 g/mol. The van der Waals surface area contributed by atoms with Gasteiger partial charge in [-0.1, -0.05) is 18.5 Å². The highest BCUT2D eigenvalue weighted by molar-refractivity contribution is 6.33. The van der Waals surface area contributed by atoms with Crippen molar-refractivity contribution < 1.29 is 14.3 Å². The van der Waals surface area contributed by atoms with Crippen LogP contribution in [0.15, 0.2) is 18.2 Å². The van der Waals surface area contributed by atoms with Crippen molar-refractivity contribution in [2.75, 3.05) is 5.73 Å². The zero-order valence-corrected chi connectivity index (χ0v) is 10.0. The lowest BCUT2D eigenvalue weighted by atomic mass is 10.2. The van der Waals surface area contributed by atoms with Crippen molar-refractivity contribution in [1.29, 1.82) is 0 Å². The van der Waals surface area contributed by atoms with Crippen LogP contribution in [0.3, 0.4) is 0 Å². The zero-order valence-electron chi connectivity index (χ0n) is 9.27. The smallest absolute Gasteiger partial charge is 0.338 e. The van der Waals surface area contributed by atoms with Crippen LogP contribution in [0.2, 0.25) is 5.02 Å². The first-order valence-corrected chi connectivity index (χ1v) is 5.38. The molecule has 6 heteroatoms. The molecule has 1 rings (SSSR count). The molecule has 0 saturated carbocycles. The Morgan fingerprint density at radius 1 is 1.47 bits per heavy atom. The van der Waals surface area contributed by atoms with E-state index >= 15 is 0 Å². The Kier molecular flexibility index (Phi) is 4.34. The first kappa shape index (κ1) is 13.3. The van der Waals surface area contributed by atoms with Crippen molar-refractivity contribution in [2.24, 2.45) is 5.73 Å². The molecule has 0 spiro atoms. The van der Waals surface area contributed by atoms with Gasteiger partial charge in [0.2, 0.25) is 0 Å². The van der Waals surface area contributed by atoms with Crippen LogP contribution in [0.4, 0.5) is 5.69 Å². The highest BCUT2D eigenvalue weighted by Crippen LogP contribution is 2.20. The fraction of sp³-hybridized carbons (Fsp3) is 0.273. The molecule has 17 heavy (non-hydrogen) atoms. The number of esters is 1. The number of carbonyl (C=O) groups is 2. The summed E-state index contributed by atoms with van der Waals surface area (Å²) in [7, 11) is 0. The van der Waals surface area contributed by atoms with Crippen LogP contribution in [0, 0.1) is 0 Å². The van der Waals surface area contributed by atoms with Crippen LogP contribution in [0.1, 0.15) is 23.7 Å². The van der Waals surface area contributed by atoms with Gasteiger partial charge < -0.3 is 16.2 Å². The number of amides is 1. The minimum Gasteiger partial charge on any atom is -0.449 e. The fourth-order valence-electron chi connectivity index (χ4n) is 1.19. The normalized spacial score (nSPS) is 11.9. The van der Waals surface area contributed by atoms with E-state index in [9.17, 15) is 9.59 Å². The molecule has 0 aliphatic carbocycles. The third-order valence-electron chi connectivity index (χ3n) is 2.17. The van der Waals surface area contributed by atoms with Gasteiger partial charge in [-0.05, 0) is 24.6 Å². The molecule has 1 amide bonds. The van der Waals surface area contributed by atoms with E-state index in [-0.39, 0.29) is 10.6 Å². The minimum atomic E-state index is -0.932. The largest absolute Gasteiger partial charge is 0.449 e. The average Bonchev–Trinajstić information content (AvgIpc) is 2.28. The molecule has 0 heterocycles. The Morgan fingerprint density at radius 3 is 2.59 bits per heavy atom. The second kappa shape index (κ2) is 5.54. The number of hydrogen-bond donors (Lipinski definition) is 2. The Morgan fingerprint density at radius 2 is 2.12 bits per heavy atom. The van der Waals surface area contributed by atoms with Gasteiger partial charge in [0.15, 0.2) is 6.10 Å². The maximum absolute atomic E-state index is 11.7. The van der Waals surface area contributed by atoms with Crippen LogP contribution in [-0.2, 0) is 9.53 Å². The van der Waals surface area contributed by atoms with Gasteiger partial charge in [0, 0.05) is 0 Å².